The van der Waals surface area contributed by atoms with Crippen molar-refractivity contribution in [2.75, 3.05) is 25.0 Å². The number of hydrogen-bond acceptors (Lipinski definition) is 7. The molecule has 54 heavy (non-hydrogen) atoms. The van der Waals surface area contributed by atoms with Crippen molar-refractivity contribution in [3.63, 3.8) is 0 Å². The Morgan fingerprint density at radius 2 is 1.59 bits per heavy atom. The highest BCUT2D eigenvalue weighted by molar-refractivity contribution is 6.00. The molecule has 3 aromatic rings. The second-order valence-electron chi connectivity index (χ2n) is 15.4. The normalized spacial score (nSPS) is 17.6. The molecule has 13 nitrogen and oxygen atoms in total. The zero-order valence-corrected chi connectivity index (χ0v) is 32.2. The van der Waals surface area contributed by atoms with Gasteiger partial charge < -0.3 is 30.5 Å². The third kappa shape index (κ3) is 10.9. The number of piperazine rings is 1. The van der Waals surface area contributed by atoms with Crippen LogP contribution in [0.3, 0.4) is 0 Å². The number of aromatic nitrogens is 2. The van der Waals surface area contributed by atoms with E-state index in [4.69, 9.17) is 4.74 Å². The van der Waals surface area contributed by atoms with Crippen LogP contribution in [0, 0.1) is 5.92 Å². The van der Waals surface area contributed by atoms with Crippen molar-refractivity contribution in [2.45, 2.75) is 103 Å². The van der Waals surface area contributed by atoms with E-state index in [2.05, 4.69) is 21.0 Å². The number of nitrogens with one attached hydrogen (secondary N) is 3. The SMILES string of the molecule is CCC(=O)N[C@H](Cc1ccc(NC(=O)[C@@H](NC(=O)c2ccnn2C)C2CCCCC2)cc1)C(=O)N1CCN(C(=O)OC(C)(C)C)C[C@@H]1Cc1ccccc1. The largest absolute Gasteiger partial charge is 0.444 e. The minimum absolute atomic E-state index is 0.0147. The van der Waals surface area contributed by atoms with Crippen molar-refractivity contribution in [1.29, 1.82) is 0 Å². The van der Waals surface area contributed by atoms with Crippen LogP contribution in [0.25, 0.3) is 0 Å². The highest BCUT2D eigenvalue weighted by Crippen LogP contribution is 2.28. The number of anilines is 1. The summed E-state index contributed by atoms with van der Waals surface area (Å²) in [4.78, 5) is 70.4. The number of amides is 5. The molecule has 1 aliphatic carbocycles. The minimum atomic E-state index is -0.845. The first-order chi connectivity index (χ1) is 25.8. The van der Waals surface area contributed by atoms with Crippen molar-refractivity contribution < 1.29 is 28.7 Å². The molecule has 5 rings (SSSR count). The molecule has 3 atom stereocenters. The summed E-state index contributed by atoms with van der Waals surface area (Å²) in [5, 5.41) is 13.0. The van der Waals surface area contributed by atoms with Gasteiger partial charge in [0.05, 0.1) is 6.04 Å². The molecule has 2 aliphatic rings. The van der Waals surface area contributed by atoms with Crippen LogP contribution in [0.1, 0.15) is 87.8 Å². The van der Waals surface area contributed by atoms with Crippen LogP contribution < -0.4 is 16.0 Å². The Morgan fingerprint density at radius 3 is 2.22 bits per heavy atom. The Morgan fingerprint density at radius 1 is 0.889 bits per heavy atom. The van der Waals surface area contributed by atoms with Gasteiger partial charge in [-0.25, -0.2) is 4.79 Å². The molecular weight excluding hydrogens is 686 g/mol. The second-order valence-corrected chi connectivity index (χ2v) is 15.4. The van der Waals surface area contributed by atoms with Gasteiger partial charge in [-0.15, -0.1) is 0 Å². The average molecular weight is 742 g/mol. The van der Waals surface area contributed by atoms with Crippen LogP contribution in [0.5, 0.6) is 0 Å². The summed E-state index contributed by atoms with van der Waals surface area (Å²) >= 11 is 0. The van der Waals surface area contributed by atoms with Gasteiger partial charge >= 0.3 is 6.09 Å². The first-order valence-electron chi connectivity index (χ1n) is 19.1. The lowest BCUT2D eigenvalue weighted by atomic mass is 9.83. The minimum Gasteiger partial charge on any atom is -0.444 e. The third-order valence-corrected chi connectivity index (χ3v) is 10.1. The molecule has 1 aliphatic heterocycles. The molecule has 0 bridgehead atoms. The van der Waals surface area contributed by atoms with Gasteiger partial charge in [-0.3, -0.25) is 23.9 Å². The Balaban J connectivity index is 1.30. The van der Waals surface area contributed by atoms with Crippen LogP contribution in [-0.2, 0) is 39.0 Å². The van der Waals surface area contributed by atoms with E-state index in [1.807, 2.05) is 63.2 Å². The van der Waals surface area contributed by atoms with Crippen LogP contribution >= 0.6 is 0 Å². The highest BCUT2D eigenvalue weighted by atomic mass is 16.6. The topological polar surface area (TPSA) is 155 Å². The molecule has 290 valence electrons. The number of hydrogen-bond donors (Lipinski definition) is 3. The van der Waals surface area contributed by atoms with Crippen LogP contribution in [-0.4, -0.2) is 92.7 Å². The van der Waals surface area contributed by atoms with E-state index in [0.717, 1.165) is 43.2 Å². The van der Waals surface area contributed by atoms with Gasteiger partial charge in [-0.2, -0.15) is 5.10 Å². The smallest absolute Gasteiger partial charge is 0.410 e. The van der Waals surface area contributed by atoms with E-state index in [1.165, 1.54) is 4.68 Å². The average Bonchev–Trinajstić information content (AvgIpc) is 3.59. The van der Waals surface area contributed by atoms with Crippen LogP contribution in [0.4, 0.5) is 10.5 Å². The van der Waals surface area contributed by atoms with E-state index in [9.17, 15) is 24.0 Å². The number of ether oxygens (including phenoxy) is 1. The molecule has 3 N–H and O–H groups in total. The number of benzene rings is 2. The number of carbonyl (C=O) groups excluding carboxylic acids is 5. The van der Waals surface area contributed by atoms with E-state index in [-0.39, 0.29) is 48.4 Å². The molecule has 1 aromatic heterocycles. The van der Waals surface area contributed by atoms with Crippen LogP contribution in [0.15, 0.2) is 66.9 Å². The number of aryl methyl sites for hydroxylation is 1. The maximum atomic E-state index is 14.4. The molecule has 0 radical (unpaired) electrons. The van der Waals surface area contributed by atoms with Gasteiger partial charge in [-0.05, 0) is 75.3 Å². The number of rotatable bonds is 12. The number of nitrogens with zero attached hydrogens (tertiary/aromatic N) is 4. The van der Waals surface area contributed by atoms with Crippen molar-refractivity contribution >= 4 is 35.4 Å². The van der Waals surface area contributed by atoms with E-state index < -0.39 is 23.8 Å². The predicted octanol–water partition coefficient (Wildman–Crippen LogP) is 4.87. The first kappa shape index (κ1) is 40.0. The number of carbonyl (C=O) groups is 5. The van der Waals surface area contributed by atoms with Crippen LogP contribution in [0.2, 0.25) is 0 Å². The molecule has 1 saturated heterocycles. The molecule has 2 heterocycles. The maximum absolute atomic E-state index is 14.4. The third-order valence-electron chi connectivity index (χ3n) is 10.1. The molecule has 1 saturated carbocycles. The molecule has 13 heteroatoms. The van der Waals surface area contributed by atoms with E-state index >= 15 is 0 Å². The lowest BCUT2D eigenvalue weighted by molar-refractivity contribution is -0.140. The Hall–Kier alpha value is -5.20. The van der Waals surface area contributed by atoms with Gasteiger partial charge in [-0.1, -0.05) is 68.7 Å². The Kier molecular flexibility index (Phi) is 13.5. The Bertz CT molecular complexity index is 1750. The monoisotopic (exact) mass is 741 g/mol. The quantitative estimate of drug-likeness (QED) is 0.240. The predicted molar refractivity (Wildman–Crippen MR) is 205 cm³/mol. The van der Waals surface area contributed by atoms with Gasteiger partial charge in [0.25, 0.3) is 5.91 Å². The van der Waals surface area contributed by atoms with Crippen molar-refractivity contribution in [2.24, 2.45) is 13.0 Å². The van der Waals surface area contributed by atoms with Gasteiger partial charge in [0, 0.05) is 51.4 Å². The molecule has 0 spiro atoms. The second kappa shape index (κ2) is 18.2. The highest BCUT2D eigenvalue weighted by Gasteiger charge is 2.38. The lowest BCUT2D eigenvalue weighted by Crippen LogP contribution is -2.61. The van der Waals surface area contributed by atoms with Gasteiger partial charge in [0.2, 0.25) is 17.7 Å². The summed E-state index contributed by atoms with van der Waals surface area (Å²) in [6.45, 7) is 8.11. The van der Waals surface area contributed by atoms with Crippen molar-refractivity contribution in [3.8, 4) is 0 Å². The summed E-state index contributed by atoms with van der Waals surface area (Å²) in [7, 11) is 1.69. The summed E-state index contributed by atoms with van der Waals surface area (Å²) in [6.07, 6.45) is 6.93. The fraction of sp³-hybridized carbons (Fsp3) is 0.512. The van der Waals surface area contributed by atoms with Crippen molar-refractivity contribution in [1.82, 2.24) is 30.2 Å². The van der Waals surface area contributed by atoms with Gasteiger partial charge in [0.1, 0.15) is 23.4 Å². The standard InChI is InChI=1S/C41H55N7O6/c1-6-35(49)44-33(39(52)48-24-23-47(40(53)54-41(2,3)4)27-32(48)25-28-13-9-7-10-14-28)26-29-17-19-31(20-18-29)43-38(51)36(30-15-11-8-12-16-30)45-37(50)34-21-22-42-46(34)5/h7,9-10,13-14,17-22,30,32-33,36H,6,8,11-12,15-16,23-27H2,1-5H3,(H,43,51)(H,44,49)(H,45,50)/t32-,33+,36-/m0/s1. The fourth-order valence-electron chi connectivity index (χ4n) is 7.25. The summed E-state index contributed by atoms with van der Waals surface area (Å²) < 4.78 is 7.14. The summed E-state index contributed by atoms with van der Waals surface area (Å²) in [5.41, 5.74) is 2.10. The van der Waals surface area contributed by atoms with Gasteiger partial charge in [0.15, 0.2) is 0 Å². The Labute approximate surface area is 318 Å². The zero-order chi connectivity index (χ0) is 38.8. The molecule has 5 amide bonds. The zero-order valence-electron chi connectivity index (χ0n) is 32.2. The first-order valence-corrected chi connectivity index (χ1v) is 19.1. The van der Waals surface area contributed by atoms with E-state index in [1.54, 1.807) is 48.2 Å². The molecular formula is C41H55N7O6. The lowest BCUT2D eigenvalue weighted by Gasteiger charge is -2.43. The fourth-order valence-corrected chi connectivity index (χ4v) is 7.25. The maximum Gasteiger partial charge on any atom is 0.410 e. The summed E-state index contributed by atoms with van der Waals surface area (Å²) in [6, 6.07) is 16.8. The van der Waals surface area contributed by atoms with Crippen molar-refractivity contribution in [3.05, 3.63) is 83.7 Å². The van der Waals surface area contributed by atoms with E-state index in [0.29, 0.717) is 37.4 Å². The molecule has 2 aromatic carbocycles. The molecule has 0 unspecified atom stereocenters. The summed E-state index contributed by atoms with van der Waals surface area (Å²) in [5.74, 6) is -1.09. The molecule has 2 fully saturated rings.